The van der Waals surface area contributed by atoms with Gasteiger partial charge in [-0.2, -0.15) is 5.10 Å². The van der Waals surface area contributed by atoms with Crippen LogP contribution in [0, 0.1) is 5.92 Å². The van der Waals surface area contributed by atoms with Crippen molar-refractivity contribution in [1.82, 2.24) is 14.5 Å². The van der Waals surface area contributed by atoms with E-state index in [1.807, 2.05) is 13.8 Å². The Kier molecular flexibility index (Phi) is 6.82. The van der Waals surface area contributed by atoms with Gasteiger partial charge in [0.1, 0.15) is 4.47 Å². The van der Waals surface area contributed by atoms with Gasteiger partial charge in [0.15, 0.2) is 0 Å². The first-order valence-electron chi connectivity index (χ1n) is 6.65. The highest BCUT2D eigenvalue weighted by Crippen LogP contribution is 2.16. The van der Waals surface area contributed by atoms with Gasteiger partial charge >= 0.3 is 0 Å². The number of aromatic nitrogens is 2. The highest BCUT2D eigenvalue weighted by Gasteiger charge is 2.09. The van der Waals surface area contributed by atoms with E-state index >= 15 is 0 Å². The summed E-state index contributed by atoms with van der Waals surface area (Å²) in [6, 6.07) is 0. The third-order valence-electron chi connectivity index (χ3n) is 2.56. The molecule has 0 saturated carbocycles. The zero-order valence-electron chi connectivity index (χ0n) is 12.4. The Balaban J connectivity index is 2.57. The maximum Gasteiger partial charge on any atom is 0.283 e. The Labute approximate surface area is 133 Å². The molecule has 0 unspecified atom stereocenters. The standard InChI is InChI=1S/C12H21BrN4O3S/c1-9(2)8-17-12(18)11(13)10(7-15-17)14-5-4-6-16-21(3,19)20/h7,9,14,16H,4-6,8H2,1-3H3. The SMILES string of the molecule is CC(C)Cn1ncc(NCCCNS(C)(=O)=O)c(Br)c1=O. The number of halogens is 1. The molecule has 0 atom stereocenters. The van der Waals surface area contributed by atoms with Crippen LogP contribution in [0.15, 0.2) is 15.5 Å². The second-order valence-electron chi connectivity index (χ2n) is 5.20. The summed E-state index contributed by atoms with van der Waals surface area (Å²) in [5.74, 6) is 0.336. The largest absolute Gasteiger partial charge is 0.383 e. The van der Waals surface area contributed by atoms with Gasteiger partial charge in [-0.05, 0) is 28.3 Å². The molecule has 0 bridgehead atoms. The summed E-state index contributed by atoms with van der Waals surface area (Å²) in [5, 5.41) is 7.18. The Bertz CT molecular complexity index is 628. The normalized spacial score (nSPS) is 11.9. The fourth-order valence-corrected chi connectivity index (χ4v) is 2.60. The second-order valence-corrected chi connectivity index (χ2v) is 7.83. The van der Waals surface area contributed by atoms with Crippen molar-refractivity contribution in [2.45, 2.75) is 26.8 Å². The van der Waals surface area contributed by atoms with Gasteiger partial charge in [-0.3, -0.25) is 4.79 Å². The Morgan fingerprint density at radius 1 is 1.38 bits per heavy atom. The van der Waals surface area contributed by atoms with E-state index in [9.17, 15) is 13.2 Å². The number of hydrogen-bond acceptors (Lipinski definition) is 5. The molecule has 1 heterocycles. The van der Waals surface area contributed by atoms with Gasteiger partial charge in [-0.1, -0.05) is 13.8 Å². The summed E-state index contributed by atoms with van der Waals surface area (Å²) in [5.41, 5.74) is 0.433. The van der Waals surface area contributed by atoms with Crippen molar-refractivity contribution in [2.75, 3.05) is 24.7 Å². The molecule has 7 nitrogen and oxygen atoms in total. The van der Waals surface area contributed by atoms with E-state index in [0.29, 0.717) is 42.1 Å². The number of sulfonamides is 1. The zero-order valence-corrected chi connectivity index (χ0v) is 14.8. The van der Waals surface area contributed by atoms with Crippen molar-refractivity contribution in [3.63, 3.8) is 0 Å². The monoisotopic (exact) mass is 380 g/mol. The average Bonchev–Trinajstić information content (AvgIpc) is 2.35. The summed E-state index contributed by atoms with van der Waals surface area (Å²) in [6.07, 6.45) is 3.32. The van der Waals surface area contributed by atoms with Crippen LogP contribution in [0.25, 0.3) is 0 Å². The first-order chi connectivity index (χ1) is 9.70. The summed E-state index contributed by atoms with van der Waals surface area (Å²) in [7, 11) is -3.15. The molecule has 0 spiro atoms. The van der Waals surface area contributed by atoms with E-state index < -0.39 is 10.0 Å². The van der Waals surface area contributed by atoms with Gasteiger partial charge in [0.25, 0.3) is 5.56 Å². The van der Waals surface area contributed by atoms with Gasteiger partial charge in [-0.15, -0.1) is 0 Å². The van der Waals surface area contributed by atoms with Gasteiger partial charge in [-0.25, -0.2) is 17.8 Å². The molecular formula is C12H21BrN4O3S. The van der Waals surface area contributed by atoms with Crippen molar-refractivity contribution in [3.8, 4) is 0 Å². The Morgan fingerprint density at radius 2 is 2.05 bits per heavy atom. The Morgan fingerprint density at radius 3 is 2.62 bits per heavy atom. The lowest BCUT2D eigenvalue weighted by molar-refractivity contribution is 0.462. The van der Waals surface area contributed by atoms with E-state index in [-0.39, 0.29) is 5.56 Å². The average molecular weight is 381 g/mol. The zero-order chi connectivity index (χ0) is 16.0. The number of anilines is 1. The van der Waals surface area contributed by atoms with Crippen LogP contribution in [-0.2, 0) is 16.6 Å². The molecule has 9 heteroatoms. The minimum atomic E-state index is -3.15. The van der Waals surface area contributed by atoms with Gasteiger partial charge in [0.05, 0.1) is 18.1 Å². The molecule has 0 aliphatic rings. The first-order valence-corrected chi connectivity index (χ1v) is 9.33. The molecule has 0 fully saturated rings. The van der Waals surface area contributed by atoms with Crippen molar-refractivity contribution in [2.24, 2.45) is 5.92 Å². The minimum Gasteiger partial charge on any atom is -0.383 e. The van der Waals surface area contributed by atoms with E-state index in [1.54, 1.807) is 6.20 Å². The van der Waals surface area contributed by atoms with Crippen LogP contribution in [0.4, 0.5) is 5.69 Å². The third-order valence-corrected chi connectivity index (χ3v) is 4.05. The van der Waals surface area contributed by atoms with Crippen molar-refractivity contribution < 1.29 is 8.42 Å². The molecule has 0 saturated heterocycles. The molecule has 1 aromatic rings. The predicted molar refractivity (Wildman–Crippen MR) is 87.0 cm³/mol. The lowest BCUT2D eigenvalue weighted by Gasteiger charge is -2.11. The molecule has 0 radical (unpaired) electrons. The minimum absolute atomic E-state index is 0.178. The summed E-state index contributed by atoms with van der Waals surface area (Å²) < 4.78 is 26.1. The van der Waals surface area contributed by atoms with Crippen LogP contribution < -0.4 is 15.6 Å². The van der Waals surface area contributed by atoms with Gasteiger partial charge in [0.2, 0.25) is 10.0 Å². The third kappa shape index (κ3) is 6.58. The summed E-state index contributed by atoms with van der Waals surface area (Å²) in [4.78, 5) is 12.1. The molecule has 1 rings (SSSR count). The number of nitrogens with one attached hydrogen (secondary N) is 2. The number of nitrogens with zero attached hydrogens (tertiary/aromatic N) is 2. The van der Waals surface area contributed by atoms with E-state index in [1.165, 1.54) is 4.68 Å². The van der Waals surface area contributed by atoms with E-state index in [2.05, 4.69) is 31.1 Å². The smallest absolute Gasteiger partial charge is 0.283 e. The maximum absolute atomic E-state index is 12.1. The van der Waals surface area contributed by atoms with Gasteiger partial charge in [0, 0.05) is 19.6 Å². The Hall–Kier alpha value is -0.930. The molecule has 0 aliphatic heterocycles. The molecule has 120 valence electrons. The summed E-state index contributed by atoms with van der Waals surface area (Å²) >= 11 is 3.27. The van der Waals surface area contributed by atoms with Crippen LogP contribution in [0.1, 0.15) is 20.3 Å². The van der Waals surface area contributed by atoms with E-state index in [0.717, 1.165) is 6.26 Å². The molecule has 21 heavy (non-hydrogen) atoms. The molecular weight excluding hydrogens is 360 g/mol. The molecule has 0 aliphatic carbocycles. The van der Waals surface area contributed by atoms with Crippen LogP contribution in [0.3, 0.4) is 0 Å². The van der Waals surface area contributed by atoms with Crippen molar-refractivity contribution >= 4 is 31.6 Å². The van der Waals surface area contributed by atoms with Gasteiger partial charge < -0.3 is 5.32 Å². The topological polar surface area (TPSA) is 93.1 Å². The molecule has 0 amide bonds. The fraction of sp³-hybridized carbons (Fsp3) is 0.667. The van der Waals surface area contributed by atoms with Crippen LogP contribution >= 0.6 is 15.9 Å². The van der Waals surface area contributed by atoms with Crippen LogP contribution in [0.2, 0.25) is 0 Å². The van der Waals surface area contributed by atoms with E-state index in [4.69, 9.17) is 0 Å². The second kappa shape index (κ2) is 7.90. The van der Waals surface area contributed by atoms with Crippen LogP contribution in [-0.4, -0.2) is 37.5 Å². The first kappa shape index (κ1) is 18.1. The molecule has 0 aromatic carbocycles. The molecule has 2 N–H and O–H groups in total. The van der Waals surface area contributed by atoms with Crippen molar-refractivity contribution in [3.05, 3.63) is 21.0 Å². The number of rotatable bonds is 8. The fourth-order valence-electron chi connectivity index (χ4n) is 1.63. The number of hydrogen-bond donors (Lipinski definition) is 2. The quantitative estimate of drug-likeness (QED) is 0.656. The lowest BCUT2D eigenvalue weighted by Crippen LogP contribution is -2.27. The maximum atomic E-state index is 12.1. The highest BCUT2D eigenvalue weighted by atomic mass is 79.9. The van der Waals surface area contributed by atoms with Crippen molar-refractivity contribution in [1.29, 1.82) is 0 Å². The highest BCUT2D eigenvalue weighted by molar-refractivity contribution is 9.10. The van der Waals surface area contributed by atoms with Crippen LogP contribution in [0.5, 0.6) is 0 Å². The lowest BCUT2D eigenvalue weighted by atomic mass is 10.2. The summed E-state index contributed by atoms with van der Waals surface area (Å²) in [6.45, 7) is 5.49. The predicted octanol–water partition coefficient (Wildman–Crippen LogP) is 1.01. The molecule has 1 aromatic heterocycles.